The molecule has 0 radical (unpaired) electrons. The van der Waals surface area contributed by atoms with Crippen LogP contribution >= 0.6 is 0 Å². The molecular formula is C33H39FN6O2. The first kappa shape index (κ1) is 28.4. The smallest absolute Gasteiger partial charge is 0.246 e. The molecule has 0 saturated carbocycles. The van der Waals surface area contributed by atoms with E-state index in [9.17, 15) is 10.1 Å². The van der Waals surface area contributed by atoms with Crippen LogP contribution in [0.1, 0.15) is 49.3 Å². The molecule has 0 aromatic heterocycles. The molecule has 0 bridgehead atoms. The topological polar surface area (TPSA) is 84.5 Å². The number of allylic oxidation sites excluding steroid dienone is 1. The van der Waals surface area contributed by atoms with Crippen LogP contribution in [0.3, 0.4) is 0 Å². The normalized spacial score (nSPS) is 27.8. The number of aliphatic imine (C=N–C) groups is 2. The number of hydrogen-bond acceptors (Lipinski definition) is 7. The minimum Gasteiger partial charge on any atom is -0.475 e. The van der Waals surface area contributed by atoms with Gasteiger partial charge in [0.25, 0.3) is 0 Å². The highest BCUT2D eigenvalue weighted by atomic mass is 19.1. The van der Waals surface area contributed by atoms with E-state index in [2.05, 4.69) is 35.6 Å². The maximum atomic E-state index is 16.1. The summed E-state index contributed by atoms with van der Waals surface area (Å²) in [5.74, 6) is -0.772. The molecule has 1 aromatic rings. The summed E-state index contributed by atoms with van der Waals surface area (Å²) >= 11 is 0. The fraction of sp³-hybridized carbons (Fsp3) is 0.515. The first-order valence-corrected chi connectivity index (χ1v) is 15.2. The van der Waals surface area contributed by atoms with Gasteiger partial charge in [0.15, 0.2) is 6.17 Å². The number of ether oxygens (including phenoxy) is 1. The molecule has 220 valence electrons. The van der Waals surface area contributed by atoms with Gasteiger partial charge >= 0.3 is 0 Å². The number of carbonyl (C=O) groups excluding carboxylic acids is 1. The molecule has 2 fully saturated rings. The van der Waals surface area contributed by atoms with Crippen molar-refractivity contribution in [2.24, 2.45) is 15.9 Å². The van der Waals surface area contributed by atoms with E-state index in [4.69, 9.17) is 14.7 Å². The third-order valence-corrected chi connectivity index (χ3v) is 9.44. The van der Waals surface area contributed by atoms with Gasteiger partial charge in [-0.25, -0.2) is 9.38 Å². The number of benzene rings is 1. The van der Waals surface area contributed by atoms with Crippen LogP contribution in [-0.4, -0.2) is 90.3 Å². The summed E-state index contributed by atoms with van der Waals surface area (Å²) in [6.45, 7) is 8.54. The maximum absolute atomic E-state index is 16.1. The van der Waals surface area contributed by atoms with Crippen LogP contribution in [0.25, 0.3) is 0 Å². The van der Waals surface area contributed by atoms with Gasteiger partial charge in [0.1, 0.15) is 29.8 Å². The van der Waals surface area contributed by atoms with Crippen molar-refractivity contribution >= 4 is 17.5 Å². The number of carbonyl (C=O) groups is 1. The standard InChI is InChI=1S/C33H39FN6O2/c1-4-29(41)39-15-16-40(21(2)19-39)31-26-17-28(34)30(25-13-7-10-22-9-5-6-12-24(22)25)36-32(26)37-33(27(31)18-35)42-20-23-11-8-14-38(23)3/h4,7,10,13,17,21,23,26,32H,1,5-6,8-9,11-12,14-16,19-20H2,2-3H3/t21-,23-,26?,32?/m0/s1. The average molecular weight is 571 g/mol. The van der Waals surface area contributed by atoms with Crippen LogP contribution in [0.2, 0.25) is 0 Å². The predicted molar refractivity (Wildman–Crippen MR) is 161 cm³/mol. The highest BCUT2D eigenvalue weighted by Gasteiger charge is 2.42. The van der Waals surface area contributed by atoms with Crippen LogP contribution in [0, 0.1) is 17.2 Å². The first-order chi connectivity index (χ1) is 20.4. The van der Waals surface area contributed by atoms with Crippen molar-refractivity contribution < 1.29 is 13.9 Å². The second-order valence-electron chi connectivity index (χ2n) is 12.0. The van der Waals surface area contributed by atoms with Gasteiger partial charge in [0.2, 0.25) is 11.8 Å². The lowest BCUT2D eigenvalue weighted by atomic mass is 9.84. The Morgan fingerprint density at radius 3 is 2.79 bits per heavy atom. The lowest BCUT2D eigenvalue weighted by Crippen LogP contribution is -2.55. The van der Waals surface area contributed by atoms with Crippen LogP contribution in [0.4, 0.5) is 4.39 Å². The van der Waals surface area contributed by atoms with Crippen molar-refractivity contribution in [3.05, 3.63) is 70.7 Å². The third kappa shape index (κ3) is 5.17. The molecule has 1 amide bonds. The van der Waals surface area contributed by atoms with E-state index in [-0.39, 0.29) is 29.7 Å². The Hall–Kier alpha value is -3.77. The number of halogens is 1. The van der Waals surface area contributed by atoms with Crippen molar-refractivity contribution in [1.82, 2.24) is 14.7 Å². The van der Waals surface area contributed by atoms with Gasteiger partial charge in [0, 0.05) is 43.0 Å². The summed E-state index contributed by atoms with van der Waals surface area (Å²) in [5.41, 5.74) is 4.62. The largest absolute Gasteiger partial charge is 0.475 e. The van der Waals surface area contributed by atoms with Crippen molar-refractivity contribution in [3.63, 3.8) is 0 Å². The molecule has 9 heteroatoms. The Labute approximate surface area is 247 Å². The Morgan fingerprint density at radius 2 is 2.05 bits per heavy atom. The van der Waals surface area contributed by atoms with Crippen molar-refractivity contribution in [3.8, 4) is 6.07 Å². The van der Waals surface area contributed by atoms with E-state index in [1.54, 1.807) is 11.0 Å². The van der Waals surface area contributed by atoms with Gasteiger partial charge in [0.05, 0.1) is 5.92 Å². The summed E-state index contributed by atoms with van der Waals surface area (Å²) in [6, 6.07) is 8.59. The number of fused-ring (bicyclic) bond motifs is 2. The van der Waals surface area contributed by atoms with E-state index in [1.165, 1.54) is 17.2 Å². The van der Waals surface area contributed by atoms with Gasteiger partial charge < -0.3 is 19.4 Å². The molecule has 6 rings (SSSR count). The van der Waals surface area contributed by atoms with Gasteiger partial charge in [-0.1, -0.05) is 24.8 Å². The third-order valence-electron chi connectivity index (χ3n) is 9.44. The number of nitriles is 1. The number of likely N-dealkylation sites (N-methyl/N-ethyl adjacent to an activating group) is 1. The zero-order valence-corrected chi connectivity index (χ0v) is 24.6. The number of likely N-dealkylation sites (tertiary alicyclic amines) is 1. The number of nitrogens with zero attached hydrogens (tertiary/aromatic N) is 6. The van der Waals surface area contributed by atoms with Gasteiger partial charge in [-0.2, -0.15) is 5.26 Å². The Kier molecular flexibility index (Phi) is 8.00. The van der Waals surface area contributed by atoms with E-state index in [1.807, 2.05) is 19.1 Å². The number of amides is 1. The van der Waals surface area contributed by atoms with Crippen LogP contribution in [-0.2, 0) is 22.4 Å². The summed E-state index contributed by atoms with van der Waals surface area (Å²) in [7, 11) is 2.09. The highest BCUT2D eigenvalue weighted by Crippen LogP contribution is 2.39. The predicted octanol–water partition coefficient (Wildman–Crippen LogP) is 4.18. The fourth-order valence-electron chi connectivity index (χ4n) is 7.15. The molecule has 0 N–H and O–H groups in total. The zero-order chi connectivity index (χ0) is 29.4. The second kappa shape index (κ2) is 11.8. The summed E-state index contributed by atoms with van der Waals surface area (Å²) in [4.78, 5) is 28.3. The SMILES string of the molecule is C=CC(=O)N1CCN(C2=C(C#N)C(OC[C@@H]3CCCN3C)=NC3N=C(c4cccc5c4CCCC5)C(F)=CC23)[C@@H](C)C1. The monoisotopic (exact) mass is 570 g/mol. The number of hydrogen-bond donors (Lipinski definition) is 0. The summed E-state index contributed by atoms with van der Waals surface area (Å²) in [6.07, 6.45) is 8.54. The summed E-state index contributed by atoms with van der Waals surface area (Å²) < 4.78 is 22.4. The minimum atomic E-state index is -0.651. The molecule has 4 aliphatic heterocycles. The van der Waals surface area contributed by atoms with Gasteiger partial charge in [-0.05, 0) is 82.3 Å². The average Bonchev–Trinajstić information content (AvgIpc) is 3.42. The molecule has 2 unspecified atom stereocenters. The molecule has 1 aromatic carbocycles. The number of aryl methyl sites for hydroxylation is 1. The second-order valence-corrected chi connectivity index (χ2v) is 12.0. The van der Waals surface area contributed by atoms with Crippen LogP contribution in [0.5, 0.6) is 0 Å². The molecule has 8 nitrogen and oxygen atoms in total. The molecule has 4 heterocycles. The van der Waals surface area contributed by atoms with Crippen LogP contribution in [0.15, 0.2) is 64.0 Å². The zero-order valence-electron chi connectivity index (χ0n) is 24.6. The first-order valence-electron chi connectivity index (χ1n) is 15.2. The van der Waals surface area contributed by atoms with E-state index < -0.39 is 12.1 Å². The van der Waals surface area contributed by atoms with Gasteiger partial charge in [-0.3, -0.25) is 9.79 Å². The number of dihydropyridines is 2. The van der Waals surface area contributed by atoms with E-state index in [0.717, 1.165) is 50.6 Å². The Morgan fingerprint density at radius 1 is 1.21 bits per heavy atom. The lowest BCUT2D eigenvalue weighted by Gasteiger charge is -2.45. The molecule has 4 atom stereocenters. The van der Waals surface area contributed by atoms with E-state index in [0.29, 0.717) is 43.2 Å². The number of piperazine rings is 1. The van der Waals surface area contributed by atoms with E-state index >= 15 is 4.39 Å². The fourth-order valence-corrected chi connectivity index (χ4v) is 7.15. The van der Waals surface area contributed by atoms with Crippen molar-refractivity contribution in [2.45, 2.75) is 63.7 Å². The Balaban J connectivity index is 1.39. The van der Waals surface area contributed by atoms with Gasteiger partial charge in [-0.15, -0.1) is 0 Å². The molecule has 42 heavy (non-hydrogen) atoms. The quantitative estimate of drug-likeness (QED) is 0.496. The van der Waals surface area contributed by atoms with Crippen molar-refractivity contribution in [2.75, 3.05) is 39.8 Å². The van der Waals surface area contributed by atoms with Crippen LogP contribution < -0.4 is 0 Å². The lowest BCUT2D eigenvalue weighted by molar-refractivity contribution is -0.128. The molecule has 2 saturated heterocycles. The van der Waals surface area contributed by atoms with Crippen molar-refractivity contribution in [1.29, 1.82) is 5.26 Å². The molecule has 5 aliphatic rings. The Bertz CT molecular complexity index is 1440. The maximum Gasteiger partial charge on any atom is 0.246 e. The molecule has 0 spiro atoms. The molecule has 1 aliphatic carbocycles. The molecular weight excluding hydrogens is 531 g/mol. The summed E-state index contributed by atoms with van der Waals surface area (Å²) in [5, 5.41) is 10.5. The number of rotatable bonds is 5. The minimum absolute atomic E-state index is 0.107. The highest BCUT2D eigenvalue weighted by molar-refractivity contribution is 6.13.